The Morgan fingerprint density at radius 1 is 1.15 bits per heavy atom. The van der Waals surface area contributed by atoms with Gasteiger partial charge in [-0.05, 0) is 48.6 Å². The summed E-state index contributed by atoms with van der Waals surface area (Å²) in [6.07, 6.45) is 5.90. The van der Waals surface area contributed by atoms with Gasteiger partial charge < -0.3 is 4.57 Å². The van der Waals surface area contributed by atoms with Crippen LogP contribution >= 0.6 is 35.0 Å². The number of carbonyl (C=O) groups excluding carboxylic acids is 1. The lowest BCUT2D eigenvalue weighted by Crippen LogP contribution is -2.26. The molecule has 1 heterocycles. The highest BCUT2D eigenvalue weighted by Gasteiger charge is 2.14. The van der Waals surface area contributed by atoms with Crippen molar-refractivity contribution in [3.05, 3.63) is 92.8 Å². The topological polar surface area (TPSA) is 81.1 Å². The minimum atomic E-state index is -3.97. The SMILES string of the molecule is CSc1ccc(Cn2c(C)nc(Cl)c2C=CC(=O)NS(=O)(=O)C=Cc2ccccc2)c(Cl)c1. The number of nitrogens with one attached hydrogen (secondary N) is 1. The van der Waals surface area contributed by atoms with Crippen LogP contribution in [0, 0.1) is 6.92 Å². The van der Waals surface area contributed by atoms with E-state index in [1.165, 1.54) is 12.2 Å². The van der Waals surface area contributed by atoms with Crippen LogP contribution in [0.3, 0.4) is 0 Å². The molecule has 1 N–H and O–H groups in total. The quantitative estimate of drug-likeness (QED) is 0.317. The van der Waals surface area contributed by atoms with E-state index in [0.717, 1.165) is 21.9 Å². The fourth-order valence-corrected chi connectivity index (χ4v) is 4.74. The number of sulfonamides is 1. The maximum atomic E-state index is 12.2. The van der Waals surface area contributed by atoms with E-state index in [4.69, 9.17) is 23.2 Å². The van der Waals surface area contributed by atoms with Gasteiger partial charge in [-0.1, -0.05) is 59.6 Å². The van der Waals surface area contributed by atoms with E-state index in [-0.39, 0.29) is 5.15 Å². The first-order valence-corrected chi connectivity index (χ1v) is 13.2. The van der Waals surface area contributed by atoms with Crippen molar-refractivity contribution in [1.29, 1.82) is 0 Å². The third-order valence-electron chi connectivity index (χ3n) is 4.62. The molecule has 172 valence electrons. The van der Waals surface area contributed by atoms with Gasteiger partial charge in [0, 0.05) is 16.0 Å². The zero-order valence-electron chi connectivity index (χ0n) is 17.8. The molecule has 0 bridgehead atoms. The maximum Gasteiger partial charge on any atom is 0.257 e. The van der Waals surface area contributed by atoms with Crippen LogP contribution in [0.15, 0.2) is 64.9 Å². The van der Waals surface area contributed by atoms with Gasteiger partial charge in [0.2, 0.25) is 0 Å². The number of aromatic nitrogens is 2. The summed E-state index contributed by atoms with van der Waals surface area (Å²) >= 11 is 14.3. The van der Waals surface area contributed by atoms with E-state index in [1.807, 2.05) is 35.2 Å². The van der Waals surface area contributed by atoms with Crippen LogP contribution in [-0.4, -0.2) is 30.1 Å². The summed E-state index contributed by atoms with van der Waals surface area (Å²) in [6, 6.07) is 14.7. The Hall–Kier alpha value is -2.52. The molecule has 0 aliphatic heterocycles. The average molecular weight is 522 g/mol. The largest absolute Gasteiger partial charge is 0.323 e. The number of rotatable bonds is 8. The van der Waals surface area contributed by atoms with Crippen LogP contribution in [-0.2, 0) is 21.4 Å². The van der Waals surface area contributed by atoms with Gasteiger partial charge >= 0.3 is 0 Å². The Kier molecular flexibility index (Phi) is 8.42. The van der Waals surface area contributed by atoms with Crippen LogP contribution in [0.2, 0.25) is 10.2 Å². The van der Waals surface area contributed by atoms with Crippen molar-refractivity contribution in [1.82, 2.24) is 14.3 Å². The molecule has 2 aromatic carbocycles. The second kappa shape index (κ2) is 11.1. The first-order chi connectivity index (χ1) is 15.7. The molecule has 6 nitrogen and oxygen atoms in total. The summed E-state index contributed by atoms with van der Waals surface area (Å²) in [5.41, 5.74) is 2.02. The fraction of sp³-hybridized carbons (Fsp3) is 0.130. The number of aryl methyl sites for hydroxylation is 1. The lowest BCUT2D eigenvalue weighted by molar-refractivity contribution is -0.114. The third-order valence-corrected chi connectivity index (χ3v) is 6.95. The van der Waals surface area contributed by atoms with Crippen LogP contribution in [0.1, 0.15) is 22.6 Å². The summed E-state index contributed by atoms with van der Waals surface area (Å²) < 4.78 is 28.1. The van der Waals surface area contributed by atoms with Gasteiger partial charge in [0.15, 0.2) is 5.15 Å². The molecular formula is C23H21Cl2N3O3S2. The minimum absolute atomic E-state index is 0.195. The van der Waals surface area contributed by atoms with Crippen molar-refractivity contribution in [2.45, 2.75) is 18.4 Å². The molecule has 0 spiro atoms. The number of hydrogen-bond donors (Lipinski definition) is 1. The summed E-state index contributed by atoms with van der Waals surface area (Å²) in [5, 5.41) is 1.74. The van der Waals surface area contributed by atoms with Gasteiger partial charge in [-0.25, -0.2) is 18.1 Å². The summed E-state index contributed by atoms with van der Waals surface area (Å²) in [4.78, 5) is 17.5. The highest BCUT2D eigenvalue weighted by atomic mass is 35.5. The van der Waals surface area contributed by atoms with Gasteiger partial charge in [-0.15, -0.1) is 11.8 Å². The van der Waals surface area contributed by atoms with E-state index in [2.05, 4.69) is 4.98 Å². The first-order valence-electron chi connectivity index (χ1n) is 9.71. The summed E-state index contributed by atoms with van der Waals surface area (Å²) in [5.74, 6) is -0.181. The molecule has 10 heteroatoms. The number of imidazole rings is 1. The number of thioether (sulfide) groups is 1. The van der Waals surface area contributed by atoms with Gasteiger partial charge in [-0.2, -0.15) is 0 Å². The molecule has 0 fully saturated rings. The Morgan fingerprint density at radius 3 is 2.55 bits per heavy atom. The summed E-state index contributed by atoms with van der Waals surface area (Å²) in [7, 11) is -3.97. The highest BCUT2D eigenvalue weighted by molar-refractivity contribution is 7.98. The van der Waals surface area contributed by atoms with Crippen molar-refractivity contribution >= 4 is 63.0 Å². The molecular weight excluding hydrogens is 501 g/mol. The fourth-order valence-electron chi connectivity index (χ4n) is 2.95. The van der Waals surface area contributed by atoms with Crippen LogP contribution in [0.4, 0.5) is 0 Å². The van der Waals surface area contributed by atoms with Gasteiger partial charge in [0.05, 0.1) is 17.6 Å². The number of halogens is 2. The van der Waals surface area contributed by atoms with E-state index < -0.39 is 15.9 Å². The maximum absolute atomic E-state index is 12.2. The zero-order chi connectivity index (χ0) is 24.0. The van der Waals surface area contributed by atoms with Crippen LogP contribution < -0.4 is 4.72 Å². The van der Waals surface area contributed by atoms with Crippen molar-refractivity contribution < 1.29 is 13.2 Å². The number of nitrogens with zero attached hydrogens (tertiary/aromatic N) is 2. The molecule has 3 aromatic rings. The Balaban J connectivity index is 1.76. The smallest absolute Gasteiger partial charge is 0.257 e. The highest BCUT2D eigenvalue weighted by Crippen LogP contribution is 2.26. The molecule has 0 saturated carbocycles. The van der Waals surface area contributed by atoms with E-state index in [9.17, 15) is 13.2 Å². The molecule has 33 heavy (non-hydrogen) atoms. The third kappa shape index (κ3) is 6.98. The number of carbonyl (C=O) groups is 1. The molecule has 0 saturated heterocycles. The van der Waals surface area contributed by atoms with Crippen molar-refractivity contribution in [3.63, 3.8) is 0 Å². The molecule has 1 aromatic heterocycles. The van der Waals surface area contributed by atoms with E-state index in [1.54, 1.807) is 47.5 Å². The second-order valence-electron chi connectivity index (χ2n) is 6.94. The molecule has 0 radical (unpaired) electrons. The monoisotopic (exact) mass is 521 g/mol. The van der Waals surface area contributed by atoms with Crippen LogP contribution in [0.5, 0.6) is 0 Å². The number of benzene rings is 2. The molecule has 0 aliphatic carbocycles. The molecule has 0 atom stereocenters. The number of amides is 1. The second-order valence-corrected chi connectivity index (χ2v) is 10.1. The van der Waals surface area contributed by atoms with Crippen molar-refractivity contribution in [2.75, 3.05) is 6.26 Å². The van der Waals surface area contributed by atoms with Crippen LogP contribution in [0.25, 0.3) is 12.2 Å². The van der Waals surface area contributed by atoms with Gasteiger partial charge in [-0.3, -0.25) is 4.79 Å². The lowest BCUT2D eigenvalue weighted by atomic mass is 10.2. The van der Waals surface area contributed by atoms with Gasteiger partial charge in [0.25, 0.3) is 15.9 Å². The summed E-state index contributed by atoms with van der Waals surface area (Å²) in [6.45, 7) is 2.17. The molecule has 0 unspecified atom stereocenters. The van der Waals surface area contributed by atoms with Crippen molar-refractivity contribution in [2.24, 2.45) is 0 Å². The normalized spacial score (nSPS) is 12.0. The Bertz CT molecular complexity index is 1320. The lowest BCUT2D eigenvalue weighted by Gasteiger charge is -2.11. The molecule has 1 amide bonds. The Morgan fingerprint density at radius 2 is 1.88 bits per heavy atom. The first kappa shape index (κ1) is 25.1. The Labute approximate surface area is 207 Å². The van der Waals surface area contributed by atoms with Crippen molar-refractivity contribution in [3.8, 4) is 0 Å². The van der Waals surface area contributed by atoms with E-state index in [0.29, 0.717) is 28.6 Å². The standard InChI is InChI=1S/C23H21Cl2N3O3S2/c1-16-26-23(25)21(28(16)15-18-8-9-19(32-2)14-20(18)24)10-11-22(29)27-33(30,31)13-12-17-6-4-3-5-7-17/h3-14H,15H2,1-2H3,(H,27,29). The van der Waals surface area contributed by atoms with Gasteiger partial charge in [0.1, 0.15) is 5.82 Å². The molecule has 3 rings (SSSR count). The minimum Gasteiger partial charge on any atom is -0.323 e. The number of hydrogen-bond acceptors (Lipinski definition) is 5. The zero-order valence-corrected chi connectivity index (χ0v) is 21.0. The predicted molar refractivity (Wildman–Crippen MR) is 136 cm³/mol. The average Bonchev–Trinajstić information content (AvgIpc) is 3.04. The predicted octanol–water partition coefficient (Wildman–Crippen LogP) is 5.40. The van der Waals surface area contributed by atoms with E-state index >= 15 is 0 Å². The molecule has 0 aliphatic rings.